The first kappa shape index (κ1) is 15.0. The molecule has 0 aliphatic heterocycles. The maximum atomic E-state index is 11.8. The third-order valence-electron chi connectivity index (χ3n) is 2.41. The van der Waals surface area contributed by atoms with Crippen LogP contribution in [0.2, 0.25) is 0 Å². The van der Waals surface area contributed by atoms with Crippen LogP contribution in [0, 0.1) is 0 Å². The average molecular weight is 271 g/mol. The summed E-state index contributed by atoms with van der Waals surface area (Å²) in [6.45, 7) is 10.4. The summed E-state index contributed by atoms with van der Waals surface area (Å²) in [7, 11) is 0. The summed E-state index contributed by atoms with van der Waals surface area (Å²) < 4.78 is 7.02. The highest BCUT2D eigenvalue weighted by Gasteiger charge is 2.25. The summed E-state index contributed by atoms with van der Waals surface area (Å²) >= 11 is 1.41. The molecule has 0 bridgehead atoms. The number of esters is 1. The van der Waals surface area contributed by atoms with Gasteiger partial charge in [0, 0.05) is 5.54 Å². The Hall–Kier alpha value is -1.04. The highest BCUT2D eigenvalue weighted by molar-refractivity contribution is 8.00. The van der Waals surface area contributed by atoms with Crippen molar-refractivity contribution in [2.45, 2.75) is 57.0 Å². The second-order valence-corrected chi connectivity index (χ2v) is 6.09. The van der Waals surface area contributed by atoms with Crippen LogP contribution in [0.3, 0.4) is 0 Å². The Morgan fingerprint density at radius 2 is 2.17 bits per heavy atom. The first-order chi connectivity index (χ1) is 8.40. The van der Waals surface area contributed by atoms with Crippen molar-refractivity contribution in [1.29, 1.82) is 0 Å². The van der Waals surface area contributed by atoms with E-state index in [1.807, 2.05) is 18.4 Å². The van der Waals surface area contributed by atoms with Crippen molar-refractivity contribution in [2.24, 2.45) is 0 Å². The lowest BCUT2D eigenvalue weighted by atomic mass is 10.1. The van der Waals surface area contributed by atoms with Gasteiger partial charge in [-0.05, 0) is 34.1 Å². The fourth-order valence-corrected chi connectivity index (χ4v) is 2.54. The molecule has 0 aliphatic rings. The number of ether oxygens (including phenoxy) is 1. The van der Waals surface area contributed by atoms with E-state index in [9.17, 15) is 4.79 Å². The van der Waals surface area contributed by atoms with E-state index in [4.69, 9.17) is 4.74 Å². The van der Waals surface area contributed by atoms with Crippen LogP contribution in [0.25, 0.3) is 0 Å². The number of hydrogen-bond donors (Lipinski definition) is 0. The molecule has 0 aromatic carbocycles. The van der Waals surface area contributed by atoms with Gasteiger partial charge >= 0.3 is 5.97 Å². The number of carbonyl (C=O) groups is 1. The quantitative estimate of drug-likeness (QED) is 0.608. The molecule has 5 nitrogen and oxygen atoms in total. The largest absolute Gasteiger partial charge is 0.465 e. The Bertz CT molecular complexity index is 398. The van der Waals surface area contributed by atoms with Crippen molar-refractivity contribution in [3.8, 4) is 0 Å². The lowest BCUT2D eigenvalue weighted by Crippen LogP contribution is -2.24. The summed E-state index contributed by atoms with van der Waals surface area (Å²) in [5, 5.41) is 8.53. The first-order valence-corrected chi connectivity index (χ1v) is 7.01. The van der Waals surface area contributed by atoms with Gasteiger partial charge in [0.05, 0.1) is 6.61 Å². The summed E-state index contributed by atoms with van der Waals surface area (Å²) in [6.07, 6.45) is 2.40. The molecule has 0 unspecified atom stereocenters. The van der Waals surface area contributed by atoms with Crippen LogP contribution in [0.1, 0.15) is 41.0 Å². The smallest absolute Gasteiger partial charge is 0.319 e. The zero-order chi connectivity index (χ0) is 13.8. The second kappa shape index (κ2) is 6.22. The van der Waals surface area contributed by atoms with Gasteiger partial charge in [0.25, 0.3) is 0 Å². The Kier molecular flexibility index (Phi) is 5.19. The minimum absolute atomic E-state index is 0.0984. The molecule has 6 heteroatoms. The van der Waals surface area contributed by atoms with Crippen molar-refractivity contribution < 1.29 is 9.53 Å². The van der Waals surface area contributed by atoms with Crippen LogP contribution in [-0.4, -0.2) is 32.6 Å². The normalized spacial score (nSPS) is 13.4. The number of rotatable bonds is 5. The van der Waals surface area contributed by atoms with Gasteiger partial charge in [-0.1, -0.05) is 18.7 Å². The van der Waals surface area contributed by atoms with Crippen molar-refractivity contribution in [2.75, 3.05) is 6.61 Å². The molecule has 1 heterocycles. The maximum Gasteiger partial charge on any atom is 0.319 e. The van der Waals surface area contributed by atoms with Crippen LogP contribution < -0.4 is 0 Å². The summed E-state index contributed by atoms with van der Waals surface area (Å²) in [6, 6.07) is 0. The van der Waals surface area contributed by atoms with Gasteiger partial charge in [0.15, 0.2) is 5.16 Å². The highest BCUT2D eigenvalue weighted by Crippen LogP contribution is 2.28. The van der Waals surface area contributed by atoms with E-state index in [1.54, 1.807) is 6.33 Å². The van der Waals surface area contributed by atoms with Crippen LogP contribution in [0.15, 0.2) is 11.5 Å². The minimum atomic E-state index is -0.227. The van der Waals surface area contributed by atoms with E-state index in [1.165, 1.54) is 11.8 Å². The topological polar surface area (TPSA) is 57.0 Å². The molecule has 0 saturated heterocycles. The van der Waals surface area contributed by atoms with Gasteiger partial charge in [-0.25, -0.2) is 0 Å². The molecule has 1 aromatic rings. The van der Waals surface area contributed by atoms with Crippen LogP contribution >= 0.6 is 11.8 Å². The molecular weight excluding hydrogens is 250 g/mol. The van der Waals surface area contributed by atoms with Crippen molar-refractivity contribution in [3.63, 3.8) is 0 Å². The predicted molar refractivity (Wildman–Crippen MR) is 71.6 cm³/mol. The Balaban J connectivity index is 2.83. The molecule has 0 N–H and O–H groups in total. The molecule has 0 fully saturated rings. The zero-order valence-corrected chi connectivity index (χ0v) is 12.5. The van der Waals surface area contributed by atoms with Crippen molar-refractivity contribution in [3.05, 3.63) is 6.33 Å². The molecular formula is C12H21N3O2S. The standard InChI is InChI=1S/C12H21N3O2S/c1-6-9(10(16)17-7-2)18-11-14-13-8-15(11)12(3,4)5/h8-9H,6-7H2,1-5H3/t9-/m1/s1. The molecule has 0 saturated carbocycles. The third kappa shape index (κ3) is 3.73. The van der Waals surface area contributed by atoms with Gasteiger partial charge in [-0.15, -0.1) is 10.2 Å². The number of aromatic nitrogens is 3. The first-order valence-electron chi connectivity index (χ1n) is 6.14. The Morgan fingerprint density at radius 3 is 2.67 bits per heavy atom. The van der Waals surface area contributed by atoms with Crippen LogP contribution in [-0.2, 0) is 15.1 Å². The summed E-state index contributed by atoms with van der Waals surface area (Å²) in [5.41, 5.74) is -0.0984. The molecule has 0 aliphatic carbocycles. The van der Waals surface area contributed by atoms with Crippen molar-refractivity contribution in [1.82, 2.24) is 14.8 Å². The summed E-state index contributed by atoms with van der Waals surface area (Å²) in [4.78, 5) is 11.8. The van der Waals surface area contributed by atoms with Gasteiger partial charge in [-0.3, -0.25) is 4.79 Å². The van der Waals surface area contributed by atoms with E-state index in [2.05, 4.69) is 31.0 Å². The lowest BCUT2D eigenvalue weighted by Gasteiger charge is -2.23. The number of hydrogen-bond acceptors (Lipinski definition) is 5. The lowest BCUT2D eigenvalue weighted by molar-refractivity contribution is -0.142. The summed E-state index contributed by atoms with van der Waals surface area (Å²) in [5.74, 6) is -0.187. The molecule has 18 heavy (non-hydrogen) atoms. The Labute approximate surface area is 112 Å². The van der Waals surface area contributed by atoms with E-state index in [0.717, 1.165) is 5.16 Å². The Morgan fingerprint density at radius 1 is 1.50 bits per heavy atom. The maximum absolute atomic E-state index is 11.8. The molecule has 0 amide bonds. The van der Waals surface area contributed by atoms with Crippen LogP contribution in [0.4, 0.5) is 0 Å². The van der Waals surface area contributed by atoms with Crippen LogP contribution in [0.5, 0.6) is 0 Å². The minimum Gasteiger partial charge on any atom is -0.465 e. The van der Waals surface area contributed by atoms with E-state index < -0.39 is 0 Å². The van der Waals surface area contributed by atoms with Gasteiger partial charge in [0.2, 0.25) is 0 Å². The molecule has 0 radical (unpaired) electrons. The molecule has 102 valence electrons. The van der Waals surface area contributed by atoms with Crippen molar-refractivity contribution >= 4 is 17.7 Å². The molecule has 1 rings (SSSR count). The fraction of sp³-hybridized carbons (Fsp3) is 0.750. The predicted octanol–water partition coefficient (Wildman–Crippen LogP) is 2.47. The van der Waals surface area contributed by atoms with E-state index in [0.29, 0.717) is 13.0 Å². The number of thioether (sulfide) groups is 1. The van der Waals surface area contributed by atoms with E-state index in [-0.39, 0.29) is 16.8 Å². The molecule has 0 spiro atoms. The third-order valence-corrected chi connectivity index (χ3v) is 3.71. The highest BCUT2D eigenvalue weighted by atomic mass is 32.2. The molecule has 1 aromatic heterocycles. The van der Waals surface area contributed by atoms with Gasteiger partial charge in [-0.2, -0.15) is 0 Å². The van der Waals surface area contributed by atoms with Gasteiger partial charge < -0.3 is 9.30 Å². The second-order valence-electron chi connectivity index (χ2n) is 4.92. The fourth-order valence-electron chi connectivity index (χ4n) is 1.43. The van der Waals surface area contributed by atoms with E-state index >= 15 is 0 Å². The van der Waals surface area contributed by atoms with Gasteiger partial charge in [0.1, 0.15) is 11.6 Å². The number of nitrogens with zero attached hydrogens (tertiary/aromatic N) is 3. The zero-order valence-electron chi connectivity index (χ0n) is 11.6. The monoisotopic (exact) mass is 271 g/mol. The average Bonchev–Trinajstić information content (AvgIpc) is 2.73. The molecule has 1 atom stereocenters. The number of carbonyl (C=O) groups excluding carboxylic acids is 1. The SMILES string of the molecule is CCOC(=O)[C@@H](CC)Sc1nncn1C(C)(C)C.